The molecule has 0 unspecified atom stereocenters. The SMILES string of the molecule is CCN(CC)C(=O)O[n+]1cccc(C)c1.c1ccc([B-](c2ccccc2)(c2ccccc2)c2ccccc2)cc1. The van der Waals surface area contributed by atoms with Gasteiger partial charge >= 0.3 is 6.09 Å². The van der Waals surface area contributed by atoms with Crippen LogP contribution in [0.5, 0.6) is 0 Å². The molecular formula is C35H37BN2O2. The first-order valence-corrected chi connectivity index (χ1v) is 13.9. The van der Waals surface area contributed by atoms with Crippen LogP contribution in [0, 0.1) is 6.92 Å². The van der Waals surface area contributed by atoms with E-state index in [1.807, 2.05) is 32.9 Å². The van der Waals surface area contributed by atoms with Gasteiger partial charge in [-0.2, -0.15) is 26.7 Å². The Bertz CT molecular complexity index is 1300. The van der Waals surface area contributed by atoms with Gasteiger partial charge in [-0.1, -0.05) is 121 Å². The van der Waals surface area contributed by atoms with Gasteiger partial charge in [-0.15, -0.1) is 0 Å². The van der Waals surface area contributed by atoms with E-state index < -0.39 is 6.15 Å². The van der Waals surface area contributed by atoms with Crippen molar-refractivity contribution in [2.75, 3.05) is 13.1 Å². The Kier molecular flexibility index (Phi) is 9.90. The first kappa shape index (κ1) is 28.4. The maximum absolute atomic E-state index is 11.6. The highest BCUT2D eigenvalue weighted by molar-refractivity contribution is 7.19. The highest BCUT2D eigenvalue weighted by Gasteiger charge is 2.31. The number of pyridine rings is 1. The molecule has 1 aromatic heterocycles. The van der Waals surface area contributed by atoms with Gasteiger partial charge < -0.3 is 4.90 Å². The molecule has 0 saturated heterocycles. The van der Waals surface area contributed by atoms with Crippen molar-refractivity contribution in [1.29, 1.82) is 0 Å². The summed E-state index contributed by atoms with van der Waals surface area (Å²) in [5.74, 6) is 0. The molecule has 5 heteroatoms. The molecule has 1 heterocycles. The van der Waals surface area contributed by atoms with E-state index in [9.17, 15) is 4.79 Å². The predicted octanol–water partition coefficient (Wildman–Crippen LogP) is 4.24. The number of benzene rings is 4. The lowest BCUT2D eigenvalue weighted by Gasteiger charge is -2.44. The molecule has 0 bridgehead atoms. The molecule has 0 aliphatic heterocycles. The van der Waals surface area contributed by atoms with E-state index in [-0.39, 0.29) is 6.09 Å². The van der Waals surface area contributed by atoms with Crippen LogP contribution < -0.4 is 31.4 Å². The molecule has 0 N–H and O–H groups in total. The average Bonchev–Trinajstić information content (AvgIpc) is 3.01. The van der Waals surface area contributed by atoms with Crippen molar-refractivity contribution >= 4 is 34.1 Å². The van der Waals surface area contributed by atoms with Gasteiger partial charge in [0.2, 0.25) is 12.4 Å². The van der Waals surface area contributed by atoms with E-state index in [1.165, 1.54) is 26.6 Å². The highest BCUT2D eigenvalue weighted by atomic mass is 16.7. The van der Waals surface area contributed by atoms with Crippen LogP contribution in [0.4, 0.5) is 4.79 Å². The second-order valence-electron chi connectivity index (χ2n) is 9.78. The molecule has 0 radical (unpaired) electrons. The third-order valence-corrected chi connectivity index (χ3v) is 7.33. The average molecular weight is 529 g/mol. The minimum absolute atomic E-state index is 0.324. The van der Waals surface area contributed by atoms with E-state index in [0.717, 1.165) is 5.56 Å². The van der Waals surface area contributed by atoms with Crippen molar-refractivity contribution < 1.29 is 14.4 Å². The van der Waals surface area contributed by atoms with Gasteiger partial charge in [0.1, 0.15) is 6.15 Å². The number of rotatable bonds is 7. The summed E-state index contributed by atoms with van der Waals surface area (Å²) in [6.45, 7) is 7.10. The van der Waals surface area contributed by atoms with Crippen LogP contribution >= 0.6 is 0 Å². The molecule has 0 fully saturated rings. The van der Waals surface area contributed by atoms with E-state index in [0.29, 0.717) is 13.1 Å². The van der Waals surface area contributed by atoms with E-state index >= 15 is 0 Å². The summed E-state index contributed by atoms with van der Waals surface area (Å²) >= 11 is 0. The molecule has 4 aromatic carbocycles. The van der Waals surface area contributed by atoms with Gasteiger partial charge in [-0.05, 0) is 26.8 Å². The zero-order valence-corrected chi connectivity index (χ0v) is 23.6. The van der Waals surface area contributed by atoms with Crippen molar-refractivity contribution in [3.05, 3.63) is 151 Å². The minimum atomic E-state index is -1.22. The first-order chi connectivity index (χ1) is 19.6. The Morgan fingerprint density at radius 1 is 0.625 bits per heavy atom. The summed E-state index contributed by atoms with van der Waals surface area (Å²) in [5.41, 5.74) is 6.40. The third kappa shape index (κ3) is 6.49. The normalized spacial score (nSPS) is 10.7. The van der Waals surface area contributed by atoms with Crippen molar-refractivity contribution in [3.8, 4) is 0 Å². The number of hydrogen-bond donors (Lipinski definition) is 0. The van der Waals surface area contributed by atoms with Crippen molar-refractivity contribution in [2.24, 2.45) is 0 Å². The van der Waals surface area contributed by atoms with Gasteiger partial charge in [0.05, 0.1) is 0 Å². The molecule has 0 aliphatic rings. The van der Waals surface area contributed by atoms with Gasteiger partial charge in [0, 0.05) is 29.4 Å². The third-order valence-electron chi connectivity index (χ3n) is 7.33. The second-order valence-corrected chi connectivity index (χ2v) is 9.78. The summed E-state index contributed by atoms with van der Waals surface area (Å²) in [7, 11) is 0. The predicted molar refractivity (Wildman–Crippen MR) is 166 cm³/mol. The summed E-state index contributed by atoms with van der Waals surface area (Å²) in [6, 6.07) is 47.3. The van der Waals surface area contributed by atoms with Gasteiger partial charge in [0.15, 0.2) is 0 Å². The van der Waals surface area contributed by atoms with E-state index in [4.69, 9.17) is 4.84 Å². The fraction of sp³-hybridized carbons (Fsp3) is 0.143. The van der Waals surface area contributed by atoms with Crippen LogP contribution in [-0.4, -0.2) is 30.2 Å². The van der Waals surface area contributed by atoms with E-state index in [1.54, 1.807) is 17.3 Å². The van der Waals surface area contributed by atoms with Crippen LogP contribution in [0.3, 0.4) is 0 Å². The Labute approximate surface area is 238 Å². The molecule has 0 spiro atoms. The number of hydrogen-bond acceptors (Lipinski definition) is 2. The fourth-order valence-corrected chi connectivity index (χ4v) is 5.37. The Balaban J connectivity index is 0.000000212. The van der Waals surface area contributed by atoms with Crippen LogP contribution in [0.15, 0.2) is 146 Å². The quantitative estimate of drug-likeness (QED) is 0.234. The number of aromatic nitrogens is 1. The summed E-state index contributed by atoms with van der Waals surface area (Å²) in [6.07, 6.45) is 1.93. The minimum Gasteiger partial charge on any atom is -0.303 e. The fourth-order valence-electron chi connectivity index (χ4n) is 5.37. The number of carbonyl (C=O) groups excluding carboxylic acids is 1. The number of amides is 1. The topological polar surface area (TPSA) is 33.4 Å². The first-order valence-electron chi connectivity index (χ1n) is 13.9. The largest absolute Gasteiger partial charge is 0.478 e. The van der Waals surface area contributed by atoms with Crippen LogP contribution in [0.1, 0.15) is 19.4 Å². The summed E-state index contributed by atoms with van der Waals surface area (Å²) in [5, 5.41) is 0. The second kappa shape index (κ2) is 14.0. The molecule has 202 valence electrons. The van der Waals surface area contributed by atoms with Gasteiger partial charge in [-0.25, -0.2) is 4.79 Å². The maximum atomic E-state index is 11.6. The van der Waals surface area contributed by atoms with Crippen LogP contribution in [-0.2, 0) is 0 Å². The number of carbonyl (C=O) groups is 1. The van der Waals surface area contributed by atoms with E-state index in [2.05, 4.69) is 121 Å². The van der Waals surface area contributed by atoms with Crippen LogP contribution in [0.25, 0.3) is 0 Å². The molecule has 0 saturated carbocycles. The molecule has 0 aliphatic carbocycles. The standard InChI is InChI=1S/C24H20B.C11H17N2O2/c1-5-13-21(14-6-1)25(22-15-7-2-8-16-22,23-17-9-3-10-18-23)24-19-11-4-12-20-24;1-4-12(5-2)11(14)15-13-8-6-7-10(3)9-13/h1-20H;6-9H,4-5H2,1-3H3/q-1;+1. The molecular weight excluding hydrogens is 491 g/mol. The van der Waals surface area contributed by atoms with Gasteiger partial charge in [0.25, 0.3) is 0 Å². The summed E-state index contributed by atoms with van der Waals surface area (Å²) in [4.78, 5) is 18.3. The molecule has 0 atom stereocenters. The molecule has 4 nitrogen and oxygen atoms in total. The monoisotopic (exact) mass is 528 g/mol. The zero-order chi connectivity index (χ0) is 28.2. The molecule has 5 aromatic rings. The van der Waals surface area contributed by atoms with Crippen molar-refractivity contribution in [3.63, 3.8) is 0 Å². The smallest absolute Gasteiger partial charge is 0.303 e. The summed E-state index contributed by atoms with van der Waals surface area (Å²) < 4.78 is 1.43. The Hall–Kier alpha value is -4.64. The van der Waals surface area contributed by atoms with Crippen LogP contribution in [0.2, 0.25) is 0 Å². The van der Waals surface area contributed by atoms with Crippen molar-refractivity contribution in [2.45, 2.75) is 20.8 Å². The zero-order valence-electron chi connectivity index (χ0n) is 23.6. The lowest BCUT2D eigenvalue weighted by atomic mass is 9.13. The highest BCUT2D eigenvalue weighted by Crippen LogP contribution is 2.09. The Morgan fingerprint density at radius 3 is 1.32 bits per heavy atom. The van der Waals surface area contributed by atoms with Gasteiger partial charge in [-0.3, -0.25) is 0 Å². The lowest BCUT2D eigenvalue weighted by Crippen LogP contribution is -2.74. The molecule has 40 heavy (non-hydrogen) atoms. The molecule has 1 amide bonds. The number of aryl methyl sites for hydroxylation is 1. The maximum Gasteiger partial charge on any atom is 0.478 e. The molecule has 5 rings (SSSR count). The number of nitrogens with zero attached hydrogens (tertiary/aromatic N) is 2. The lowest BCUT2D eigenvalue weighted by molar-refractivity contribution is -0.869. The van der Waals surface area contributed by atoms with Crippen molar-refractivity contribution in [1.82, 2.24) is 4.90 Å². The Morgan fingerprint density at radius 2 is 1.00 bits per heavy atom.